The number of nitrogens with one attached hydrogen (secondary N) is 2. The van der Waals surface area contributed by atoms with Gasteiger partial charge >= 0.3 is 5.97 Å². The summed E-state index contributed by atoms with van der Waals surface area (Å²) in [5.74, 6) is -0.159. The maximum atomic E-state index is 11.0. The zero-order valence-electron chi connectivity index (χ0n) is 7.13. The Labute approximate surface area is 78.5 Å². The summed E-state index contributed by atoms with van der Waals surface area (Å²) in [5, 5.41) is 6.28. The minimum atomic E-state index is -0.159. The first-order chi connectivity index (χ1) is 5.34. The molecule has 1 rings (SSSR count). The number of ether oxygens (including phenoxy) is 1. The smallest absolute Gasteiger partial charge is 0.322 e. The van der Waals surface area contributed by atoms with Crippen molar-refractivity contribution in [1.82, 2.24) is 10.6 Å². The summed E-state index contributed by atoms with van der Waals surface area (Å²) in [4.78, 5) is 11.0. The van der Waals surface area contributed by atoms with Crippen LogP contribution in [0.1, 0.15) is 6.42 Å². The molecule has 1 aliphatic heterocycles. The van der Waals surface area contributed by atoms with Crippen LogP contribution in [0.3, 0.4) is 0 Å². The van der Waals surface area contributed by atoms with Crippen LogP contribution >= 0.6 is 12.4 Å². The molecule has 5 heteroatoms. The number of carbonyl (C=O) groups is 1. The molecule has 1 saturated heterocycles. The third-order valence-electron chi connectivity index (χ3n) is 1.79. The lowest BCUT2D eigenvalue weighted by Crippen LogP contribution is -2.37. The molecule has 1 aliphatic rings. The molecule has 1 atom stereocenters. The van der Waals surface area contributed by atoms with Crippen molar-refractivity contribution < 1.29 is 9.53 Å². The average Bonchev–Trinajstić information content (AvgIpc) is 2.30. The first kappa shape index (κ1) is 11.7. The molecule has 1 fully saturated rings. The normalized spacial score (nSPS) is 23.6. The maximum Gasteiger partial charge on any atom is 0.322 e. The van der Waals surface area contributed by atoms with Gasteiger partial charge in [-0.3, -0.25) is 4.79 Å². The van der Waals surface area contributed by atoms with Crippen LogP contribution in [-0.2, 0) is 9.53 Å². The molecule has 12 heavy (non-hydrogen) atoms. The Morgan fingerprint density at radius 1 is 1.42 bits per heavy atom. The van der Waals surface area contributed by atoms with E-state index in [-0.39, 0.29) is 24.4 Å². The van der Waals surface area contributed by atoms with Crippen LogP contribution in [0.5, 0.6) is 0 Å². The van der Waals surface area contributed by atoms with Crippen molar-refractivity contribution in [3.05, 3.63) is 0 Å². The van der Waals surface area contributed by atoms with Gasteiger partial charge in [-0.25, -0.2) is 0 Å². The third-order valence-corrected chi connectivity index (χ3v) is 1.79. The third kappa shape index (κ3) is 3.38. The van der Waals surface area contributed by atoms with Gasteiger partial charge in [-0.2, -0.15) is 0 Å². The van der Waals surface area contributed by atoms with Gasteiger partial charge in [-0.05, 0) is 13.0 Å². The Morgan fingerprint density at radius 2 is 2.17 bits per heavy atom. The van der Waals surface area contributed by atoms with Crippen molar-refractivity contribution in [2.75, 3.05) is 26.7 Å². The van der Waals surface area contributed by atoms with Gasteiger partial charge in [0, 0.05) is 13.1 Å². The van der Waals surface area contributed by atoms with E-state index < -0.39 is 0 Å². The lowest BCUT2D eigenvalue weighted by Gasteiger charge is -2.11. The first-order valence-corrected chi connectivity index (χ1v) is 3.86. The van der Waals surface area contributed by atoms with Gasteiger partial charge in [0.05, 0.1) is 7.11 Å². The van der Waals surface area contributed by atoms with Gasteiger partial charge in [-0.1, -0.05) is 0 Å². The Balaban J connectivity index is 0.00000121. The minimum Gasteiger partial charge on any atom is -0.468 e. The molecule has 72 valence electrons. The Hall–Kier alpha value is -0.320. The molecule has 0 aromatic carbocycles. The number of methoxy groups -OCH3 is 1. The van der Waals surface area contributed by atoms with Crippen LogP contribution in [0, 0.1) is 0 Å². The van der Waals surface area contributed by atoms with Crippen molar-refractivity contribution in [2.45, 2.75) is 12.5 Å². The molecule has 0 aliphatic carbocycles. The summed E-state index contributed by atoms with van der Waals surface area (Å²) in [6.07, 6.45) is 0.812. The van der Waals surface area contributed by atoms with E-state index >= 15 is 0 Å². The molecule has 0 radical (unpaired) electrons. The highest BCUT2D eigenvalue weighted by Gasteiger charge is 2.18. The van der Waals surface area contributed by atoms with E-state index in [0.717, 1.165) is 26.1 Å². The molecule has 4 nitrogen and oxygen atoms in total. The number of carbonyl (C=O) groups excluding carboxylic acids is 1. The standard InChI is InChI=1S/C7H14N2O2.ClH/c1-11-7(10)6-2-3-8-4-5-9-6;/h6,8-9H,2-5H2,1H3;1H. The molecule has 0 bridgehead atoms. The second kappa shape index (κ2) is 6.22. The Morgan fingerprint density at radius 3 is 2.83 bits per heavy atom. The quantitative estimate of drug-likeness (QED) is 0.555. The second-order valence-corrected chi connectivity index (χ2v) is 2.57. The number of halogens is 1. The Kier molecular flexibility index (Phi) is 6.06. The number of esters is 1. The maximum absolute atomic E-state index is 11.0. The topological polar surface area (TPSA) is 50.4 Å². The number of rotatable bonds is 1. The van der Waals surface area contributed by atoms with Crippen LogP contribution in [0.15, 0.2) is 0 Å². The van der Waals surface area contributed by atoms with E-state index in [1.54, 1.807) is 0 Å². The summed E-state index contributed by atoms with van der Waals surface area (Å²) in [6, 6.07) is -0.116. The molecule has 0 spiro atoms. The van der Waals surface area contributed by atoms with Crippen molar-refractivity contribution >= 4 is 18.4 Å². The highest BCUT2D eigenvalue weighted by Crippen LogP contribution is 1.95. The summed E-state index contributed by atoms with van der Waals surface area (Å²) < 4.78 is 4.62. The van der Waals surface area contributed by atoms with E-state index in [1.165, 1.54) is 7.11 Å². The van der Waals surface area contributed by atoms with E-state index in [0.29, 0.717) is 0 Å². The first-order valence-electron chi connectivity index (χ1n) is 3.86. The van der Waals surface area contributed by atoms with Crippen LogP contribution in [0.2, 0.25) is 0 Å². The molecule has 0 saturated carbocycles. The van der Waals surface area contributed by atoms with Crippen molar-refractivity contribution in [2.24, 2.45) is 0 Å². The van der Waals surface area contributed by atoms with Crippen molar-refractivity contribution in [1.29, 1.82) is 0 Å². The largest absolute Gasteiger partial charge is 0.468 e. The van der Waals surface area contributed by atoms with Crippen LogP contribution in [0.25, 0.3) is 0 Å². The van der Waals surface area contributed by atoms with Gasteiger partial charge < -0.3 is 15.4 Å². The monoisotopic (exact) mass is 194 g/mol. The number of hydrogen-bond acceptors (Lipinski definition) is 4. The fraction of sp³-hybridized carbons (Fsp3) is 0.857. The van der Waals surface area contributed by atoms with Gasteiger partial charge in [0.2, 0.25) is 0 Å². The fourth-order valence-electron chi connectivity index (χ4n) is 1.15. The SMILES string of the molecule is COC(=O)C1CCNCCN1.Cl. The van der Waals surface area contributed by atoms with E-state index in [9.17, 15) is 4.79 Å². The van der Waals surface area contributed by atoms with Gasteiger partial charge in [0.1, 0.15) is 6.04 Å². The molecule has 0 amide bonds. The Bertz CT molecular complexity index is 135. The van der Waals surface area contributed by atoms with Gasteiger partial charge in [0.15, 0.2) is 0 Å². The second-order valence-electron chi connectivity index (χ2n) is 2.57. The molecule has 2 N–H and O–H groups in total. The summed E-state index contributed by atoms with van der Waals surface area (Å²) in [5.41, 5.74) is 0. The number of hydrogen-bond donors (Lipinski definition) is 2. The summed E-state index contributed by atoms with van der Waals surface area (Å²) in [6.45, 7) is 2.64. The van der Waals surface area contributed by atoms with Crippen molar-refractivity contribution in [3.8, 4) is 0 Å². The van der Waals surface area contributed by atoms with E-state index in [4.69, 9.17) is 0 Å². The molecule has 0 aromatic heterocycles. The van der Waals surface area contributed by atoms with Gasteiger partial charge in [-0.15, -0.1) is 12.4 Å². The highest BCUT2D eigenvalue weighted by atomic mass is 35.5. The lowest BCUT2D eigenvalue weighted by molar-refractivity contribution is -0.143. The zero-order valence-corrected chi connectivity index (χ0v) is 7.95. The summed E-state index contributed by atoms with van der Waals surface area (Å²) in [7, 11) is 1.42. The average molecular weight is 195 g/mol. The predicted molar refractivity (Wildman–Crippen MR) is 48.5 cm³/mol. The predicted octanol–water partition coefficient (Wildman–Crippen LogP) is -0.467. The molecular formula is C7H15ClN2O2. The van der Waals surface area contributed by atoms with Gasteiger partial charge in [0.25, 0.3) is 0 Å². The zero-order chi connectivity index (χ0) is 8.10. The van der Waals surface area contributed by atoms with E-state index in [1.807, 2.05) is 0 Å². The summed E-state index contributed by atoms with van der Waals surface area (Å²) >= 11 is 0. The van der Waals surface area contributed by atoms with Crippen LogP contribution in [-0.4, -0.2) is 38.8 Å². The molecule has 1 heterocycles. The lowest BCUT2D eigenvalue weighted by atomic mass is 10.2. The van der Waals surface area contributed by atoms with Crippen LogP contribution < -0.4 is 10.6 Å². The van der Waals surface area contributed by atoms with Crippen LogP contribution in [0.4, 0.5) is 0 Å². The molecule has 1 unspecified atom stereocenters. The molecular weight excluding hydrogens is 180 g/mol. The molecule has 0 aromatic rings. The fourth-order valence-corrected chi connectivity index (χ4v) is 1.15. The highest BCUT2D eigenvalue weighted by molar-refractivity contribution is 5.85. The minimum absolute atomic E-state index is 0. The van der Waals surface area contributed by atoms with E-state index in [2.05, 4.69) is 15.4 Å². The van der Waals surface area contributed by atoms with Crippen molar-refractivity contribution in [3.63, 3.8) is 0 Å².